The van der Waals surface area contributed by atoms with Crippen molar-refractivity contribution in [1.82, 2.24) is 14.5 Å². The Morgan fingerprint density at radius 2 is 2.11 bits per heavy atom. The summed E-state index contributed by atoms with van der Waals surface area (Å²) in [5.74, 6) is 1.35. The number of pyridine rings is 1. The average Bonchev–Trinajstić information content (AvgIpc) is 2.77. The topological polar surface area (TPSA) is 80.5 Å². The van der Waals surface area contributed by atoms with Crippen LogP contribution in [0.25, 0.3) is 16.9 Å². The molecule has 2 heterocycles. The van der Waals surface area contributed by atoms with Crippen LogP contribution in [0.3, 0.4) is 0 Å². The highest BCUT2D eigenvalue weighted by molar-refractivity contribution is 5.78. The number of hydrogen-bond donors (Lipinski definition) is 1. The van der Waals surface area contributed by atoms with Crippen LogP contribution in [0.1, 0.15) is 5.82 Å². The van der Waals surface area contributed by atoms with Crippen molar-refractivity contribution in [1.29, 1.82) is 5.26 Å². The third-order valence-corrected chi connectivity index (χ3v) is 2.87. The molecule has 5 nitrogen and oxygen atoms in total. The van der Waals surface area contributed by atoms with Crippen molar-refractivity contribution in [3.63, 3.8) is 0 Å². The van der Waals surface area contributed by atoms with Gasteiger partial charge in [0.25, 0.3) is 0 Å². The number of nitrogens with two attached hydrogens (primary N) is 1. The molecule has 0 aliphatic carbocycles. The molecule has 5 heteroatoms. The number of nitrogens with zero attached hydrogens (tertiary/aromatic N) is 4. The molecule has 0 spiro atoms. The second-order valence-electron chi connectivity index (χ2n) is 4.13. The molecule has 0 aliphatic heterocycles. The zero-order valence-corrected chi connectivity index (χ0v) is 10.1. The number of anilines is 1. The van der Waals surface area contributed by atoms with Crippen LogP contribution in [0, 0.1) is 11.3 Å². The van der Waals surface area contributed by atoms with Gasteiger partial charge in [-0.15, -0.1) is 0 Å². The summed E-state index contributed by atoms with van der Waals surface area (Å²) in [7, 11) is 0. The first-order valence-electron chi connectivity index (χ1n) is 5.85. The predicted octanol–water partition coefficient (Wildman–Crippen LogP) is 2.07. The molecule has 0 radical (unpaired) electrons. The first-order chi connectivity index (χ1) is 9.29. The summed E-state index contributed by atoms with van der Waals surface area (Å²) < 4.78 is 1.87. The lowest BCUT2D eigenvalue weighted by Gasteiger charge is -2.06. The lowest BCUT2D eigenvalue weighted by Crippen LogP contribution is -2.03. The second-order valence-corrected chi connectivity index (χ2v) is 4.13. The lowest BCUT2D eigenvalue weighted by molar-refractivity contribution is 0.922. The Kier molecular flexibility index (Phi) is 2.62. The SMILES string of the molecule is N#CCc1nc2ccccc2n1-c1cc(N)ccn1. The maximum Gasteiger partial charge on any atom is 0.140 e. The summed E-state index contributed by atoms with van der Waals surface area (Å²) >= 11 is 0. The minimum absolute atomic E-state index is 0.227. The van der Waals surface area contributed by atoms with Crippen molar-refractivity contribution in [3.05, 3.63) is 48.4 Å². The number of imidazole rings is 1. The smallest absolute Gasteiger partial charge is 0.140 e. The molecule has 0 unspecified atom stereocenters. The maximum absolute atomic E-state index is 8.92. The quantitative estimate of drug-likeness (QED) is 0.753. The van der Waals surface area contributed by atoms with Crippen LogP contribution >= 0.6 is 0 Å². The van der Waals surface area contributed by atoms with Crippen LogP contribution in [0.4, 0.5) is 5.69 Å². The molecule has 2 aromatic heterocycles. The van der Waals surface area contributed by atoms with E-state index in [-0.39, 0.29) is 6.42 Å². The van der Waals surface area contributed by atoms with Gasteiger partial charge in [0.1, 0.15) is 11.6 Å². The molecule has 0 atom stereocenters. The fourth-order valence-corrected chi connectivity index (χ4v) is 2.08. The van der Waals surface area contributed by atoms with Gasteiger partial charge in [-0.05, 0) is 18.2 Å². The number of fused-ring (bicyclic) bond motifs is 1. The molecule has 0 fully saturated rings. The van der Waals surface area contributed by atoms with Gasteiger partial charge in [0.2, 0.25) is 0 Å². The minimum Gasteiger partial charge on any atom is -0.399 e. The van der Waals surface area contributed by atoms with E-state index in [2.05, 4.69) is 16.0 Å². The Morgan fingerprint density at radius 3 is 2.89 bits per heavy atom. The normalized spacial score (nSPS) is 10.5. The fraction of sp³-hybridized carbons (Fsp3) is 0.0714. The van der Waals surface area contributed by atoms with Crippen LogP contribution in [-0.4, -0.2) is 14.5 Å². The second kappa shape index (κ2) is 4.42. The van der Waals surface area contributed by atoms with Crippen molar-refractivity contribution in [2.75, 3.05) is 5.73 Å². The van der Waals surface area contributed by atoms with Crippen LogP contribution in [0.2, 0.25) is 0 Å². The van der Waals surface area contributed by atoms with Crippen molar-refractivity contribution < 1.29 is 0 Å². The van der Waals surface area contributed by atoms with Crippen LogP contribution < -0.4 is 5.73 Å². The van der Waals surface area contributed by atoms with E-state index in [1.165, 1.54) is 0 Å². The standard InChI is InChI=1S/C14H11N5/c15-7-5-13-18-11-3-1-2-4-12(11)19(13)14-9-10(16)6-8-17-14/h1-4,6,8-9H,5H2,(H2,16,17). The van der Waals surface area contributed by atoms with E-state index in [1.54, 1.807) is 18.3 Å². The Labute approximate surface area is 109 Å². The third-order valence-electron chi connectivity index (χ3n) is 2.87. The van der Waals surface area contributed by atoms with Gasteiger partial charge < -0.3 is 5.73 Å². The van der Waals surface area contributed by atoms with E-state index in [0.717, 1.165) is 11.0 Å². The Balaban J connectivity index is 2.31. The number of nitrogen functional groups attached to an aromatic ring is 1. The van der Waals surface area contributed by atoms with Crippen LogP contribution in [0.5, 0.6) is 0 Å². The Hall–Kier alpha value is -2.87. The van der Waals surface area contributed by atoms with Gasteiger partial charge >= 0.3 is 0 Å². The lowest BCUT2D eigenvalue weighted by atomic mass is 10.3. The molecule has 0 aliphatic rings. The van der Waals surface area contributed by atoms with Crippen molar-refractivity contribution in [2.45, 2.75) is 6.42 Å². The zero-order valence-electron chi connectivity index (χ0n) is 10.1. The Morgan fingerprint density at radius 1 is 1.26 bits per heavy atom. The summed E-state index contributed by atoms with van der Waals surface area (Å²) in [6.07, 6.45) is 1.88. The van der Waals surface area contributed by atoms with Gasteiger partial charge in [0.15, 0.2) is 0 Å². The highest BCUT2D eigenvalue weighted by Crippen LogP contribution is 2.21. The number of rotatable bonds is 2. The third kappa shape index (κ3) is 1.89. The predicted molar refractivity (Wildman–Crippen MR) is 72.6 cm³/mol. The zero-order chi connectivity index (χ0) is 13.2. The van der Waals surface area contributed by atoms with Crippen molar-refractivity contribution >= 4 is 16.7 Å². The Bertz CT molecular complexity index is 782. The van der Waals surface area contributed by atoms with Gasteiger partial charge in [-0.25, -0.2) is 9.97 Å². The number of aromatic nitrogens is 3. The number of benzene rings is 1. The molecule has 0 saturated carbocycles. The van der Waals surface area contributed by atoms with E-state index in [1.807, 2.05) is 28.8 Å². The first-order valence-corrected chi connectivity index (χ1v) is 5.85. The molecular weight excluding hydrogens is 238 g/mol. The molecule has 19 heavy (non-hydrogen) atoms. The summed E-state index contributed by atoms with van der Waals surface area (Å²) in [6.45, 7) is 0. The van der Waals surface area contributed by atoms with E-state index >= 15 is 0 Å². The van der Waals surface area contributed by atoms with E-state index in [4.69, 9.17) is 11.0 Å². The van der Waals surface area contributed by atoms with E-state index in [0.29, 0.717) is 17.3 Å². The summed E-state index contributed by atoms with van der Waals surface area (Å²) in [6, 6.07) is 13.3. The molecule has 3 rings (SSSR count). The number of hydrogen-bond acceptors (Lipinski definition) is 4. The van der Waals surface area contributed by atoms with Gasteiger partial charge in [-0.1, -0.05) is 12.1 Å². The van der Waals surface area contributed by atoms with Gasteiger partial charge in [-0.2, -0.15) is 5.26 Å². The number of para-hydroxylation sites is 2. The first kappa shape index (κ1) is 11.2. The molecule has 2 N–H and O–H groups in total. The van der Waals surface area contributed by atoms with E-state index < -0.39 is 0 Å². The van der Waals surface area contributed by atoms with Crippen molar-refractivity contribution in [2.24, 2.45) is 0 Å². The molecule has 0 amide bonds. The largest absolute Gasteiger partial charge is 0.399 e. The minimum atomic E-state index is 0.227. The maximum atomic E-state index is 8.92. The molecule has 92 valence electrons. The fourth-order valence-electron chi connectivity index (χ4n) is 2.08. The molecule has 1 aromatic carbocycles. The van der Waals surface area contributed by atoms with Gasteiger partial charge in [0, 0.05) is 18.0 Å². The monoisotopic (exact) mass is 249 g/mol. The van der Waals surface area contributed by atoms with Gasteiger partial charge in [-0.3, -0.25) is 4.57 Å². The van der Waals surface area contributed by atoms with Crippen LogP contribution in [0.15, 0.2) is 42.6 Å². The summed E-state index contributed by atoms with van der Waals surface area (Å²) in [5.41, 5.74) is 8.19. The number of nitriles is 1. The summed E-state index contributed by atoms with van der Waals surface area (Å²) in [4.78, 5) is 8.78. The molecule has 3 aromatic rings. The van der Waals surface area contributed by atoms with Crippen LogP contribution in [-0.2, 0) is 6.42 Å². The average molecular weight is 249 g/mol. The van der Waals surface area contributed by atoms with E-state index in [9.17, 15) is 0 Å². The molecule has 0 bridgehead atoms. The molecule has 0 saturated heterocycles. The van der Waals surface area contributed by atoms with Gasteiger partial charge in [0.05, 0.1) is 23.5 Å². The molecular formula is C14H11N5. The highest BCUT2D eigenvalue weighted by atomic mass is 15.1. The highest BCUT2D eigenvalue weighted by Gasteiger charge is 2.12. The summed E-state index contributed by atoms with van der Waals surface area (Å²) in [5, 5.41) is 8.92. The van der Waals surface area contributed by atoms with Crippen molar-refractivity contribution in [3.8, 4) is 11.9 Å².